The van der Waals surface area contributed by atoms with Gasteiger partial charge in [0.25, 0.3) is 5.56 Å². The fourth-order valence-electron chi connectivity index (χ4n) is 1.56. The molecule has 3 rings (SSSR count). The van der Waals surface area contributed by atoms with Crippen molar-refractivity contribution in [2.45, 2.75) is 9.92 Å². The molecule has 80 valence electrons. The molecule has 0 saturated heterocycles. The van der Waals surface area contributed by atoms with Gasteiger partial charge in [0.2, 0.25) is 0 Å². The molecule has 1 aliphatic heterocycles. The predicted molar refractivity (Wildman–Crippen MR) is 61.5 cm³/mol. The summed E-state index contributed by atoms with van der Waals surface area (Å²) in [6, 6.07) is 7.60. The number of hydrogen-bond donors (Lipinski definition) is 3. The largest absolute Gasteiger partial charge is 0.348 e. The molecule has 0 amide bonds. The molecule has 2 heterocycles. The molecule has 3 N–H and O–H groups in total. The number of aromatic amines is 2. The lowest BCUT2D eigenvalue weighted by atomic mass is 10.3. The SMILES string of the molecule is O=c1[nH]c2c(c(=O)[nH]1)Nc1ccccc1S2. The van der Waals surface area contributed by atoms with Gasteiger partial charge in [-0.15, -0.1) is 0 Å². The lowest BCUT2D eigenvalue weighted by Gasteiger charge is -2.18. The van der Waals surface area contributed by atoms with E-state index in [4.69, 9.17) is 0 Å². The topological polar surface area (TPSA) is 77.8 Å². The van der Waals surface area contributed by atoms with E-state index in [1.807, 2.05) is 24.3 Å². The number of hydrogen-bond acceptors (Lipinski definition) is 4. The Morgan fingerprint density at radius 3 is 2.75 bits per heavy atom. The van der Waals surface area contributed by atoms with Gasteiger partial charge in [0.15, 0.2) is 0 Å². The molecular weight excluding hydrogens is 226 g/mol. The molecule has 16 heavy (non-hydrogen) atoms. The first kappa shape index (κ1) is 9.29. The van der Waals surface area contributed by atoms with Gasteiger partial charge >= 0.3 is 5.69 Å². The van der Waals surface area contributed by atoms with E-state index >= 15 is 0 Å². The summed E-state index contributed by atoms with van der Waals surface area (Å²) < 4.78 is 0. The standard InChI is InChI=1S/C10H7N3O2S/c14-8-7-9(13-10(15)12-8)16-6-4-2-1-3-5(6)11-7/h1-4,11H,(H2,12,13,14,15). The summed E-state index contributed by atoms with van der Waals surface area (Å²) in [6.45, 7) is 0. The van der Waals surface area contributed by atoms with Gasteiger partial charge in [0.05, 0.1) is 5.69 Å². The summed E-state index contributed by atoms with van der Waals surface area (Å²) in [4.78, 5) is 28.4. The van der Waals surface area contributed by atoms with E-state index in [0.717, 1.165) is 10.6 Å². The third kappa shape index (κ3) is 1.35. The van der Waals surface area contributed by atoms with Crippen LogP contribution >= 0.6 is 11.8 Å². The van der Waals surface area contributed by atoms with Crippen LogP contribution < -0.4 is 16.6 Å². The minimum absolute atomic E-state index is 0.392. The quantitative estimate of drug-likeness (QED) is 0.511. The zero-order chi connectivity index (χ0) is 11.1. The Hall–Kier alpha value is -1.95. The van der Waals surface area contributed by atoms with Gasteiger partial charge < -0.3 is 5.32 Å². The van der Waals surface area contributed by atoms with Crippen molar-refractivity contribution in [3.8, 4) is 0 Å². The Morgan fingerprint density at radius 2 is 1.88 bits per heavy atom. The predicted octanol–water partition coefficient (Wildman–Crippen LogP) is 1.27. The molecule has 2 aromatic rings. The van der Waals surface area contributed by atoms with Gasteiger partial charge in [-0.2, -0.15) is 0 Å². The zero-order valence-corrected chi connectivity index (χ0v) is 8.85. The Bertz CT molecular complexity index is 674. The maximum atomic E-state index is 11.5. The van der Waals surface area contributed by atoms with Crippen molar-refractivity contribution >= 4 is 23.1 Å². The van der Waals surface area contributed by atoms with Gasteiger partial charge in [-0.3, -0.25) is 14.8 Å². The third-order valence-electron chi connectivity index (χ3n) is 2.27. The van der Waals surface area contributed by atoms with Gasteiger partial charge in [0, 0.05) is 4.90 Å². The highest BCUT2D eigenvalue weighted by Crippen LogP contribution is 2.40. The number of anilines is 2. The minimum atomic E-state index is -0.488. The average Bonchev–Trinajstić information content (AvgIpc) is 2.27. The number of benzene rings is 1. The average molecular weight is 233 g/mol. The van der Waals surface area contributed by atoms with E-state index in [0.29, 0.717) is 10.7 Å². The second-order valence-corrected chi connectivity index (χ2v) is 4.39. The fourth-order valence-corrected chi connectivity index (χ4v) is 2.54. The van der Waals surface area contributed by atoms with Gasteiger partial charge in [-0.05, 0) is 12.1 Å². The first-order valence-electron chi connectivity index (χ1n) is 4.64. The normalized spacial score (nSPS) is 12.5. The van der Waals surface area contributed by atoms with E-state index in [9.17, 15) is 9.59 Å². The molecule has 5 nitrogen and oxygen atoms in total. The highest BCUT2D eigenvalue weighted by atomic mass is 32.2. The smallest absolute Gasteiger partial charge is 0.326 e. The molecule has 0 saturated carbocycles. The number of rotatable bonds is 0. The van der Waals surface area contributed by atoms with Crippen molar-refractivity contribution in [3.63, 3.8) is 0 Å². The van der Waals surface area contributed by atoms with Crippen LogP contribution in [-0.4, -0.2) is 9.97 Å². The van der Waals surface area contributed by atoms with Gasteiger partial charge in [0.1, 0.15) is 10.7 Å². The lowest BCUT2D eigenvalue weighted by Crippen LogP contribution is -2.26. The molecule has 6 heteroatoms. The van der Waals surface area contributed by atoms with Crippen molar-refractivity contribution in [2.24, 2.45) is 0 Å². The van der Waals surface area contributed by atoms with E-state index in [1.165, 1.54) is 11.8 Å². The summed E-state index contributed by atoms with van der Waals surface area (Å²) in [7, 11) is 0. The maximum Gasteiger partial charge on any atom is 0.326 e. The summed E-state index contributed by atoms with van der Waals surface area (Å²) in [5.41, 5.74) is 0.374. The molecule has 0 radical (unpaired) electrons. The summed E-state index contributed by atoms with van der Waals surface area (Å²) in [5.74, 6) is 0. The first-order chi connectivity index (χ1) is 7.74. The van der Waals surface area contributed by atoms with Crippen molar-refractivity contribution < 1.29 is 0 Å². The number of fused-ring (bicyclic) bond motifs is 2. The van der Waals surface area contributed by atoms with E-state index < -0.39 is 11.2 Å². The molecule has 0 bridgehead atoms. The van der Waals surface area contributed by atoms with Crippen molar-refractivity contribution in [1.29, 1.82) is 0 Å². The van der Waals surface area contributed by atoms with Crippen LogP contribution in [0.2, 0.25) is 0 Å². The second-order valence-electron chi connectivity index (χ2n) is 3.34. The Balaban J connectivity index is 2.23. The van der Waals surface area contributed by atoms with E-state index in [2.05, 4.69) is 15.3 Å². The number of H-pyrrole nitrogens is 2. The van der Waals surface area contributed by atoms with Gasteiger partial charge in [-0.25, -0.2) is 4.79 Å². The Morgan fingerprint density at radius 1 is 1.06 bits per heavy atom. The minimum Gasteiger partial charge on any atom is -0.348 e. The highest BCUT2D eigenvalue weighted by molar-refractivity contribution is 7.99. The molecule has 1 aromatic heterocycles. The lowest BCUT2D eigenvalue weighted by molar-refractivity contribution is 0.950. The molecule has 0 spiro atoms. The number of aromatic nitrogens is 2. The molecule has 0 atom stereocenters. The van der Waals surface area contributed by atoms with Crippen molar-refractivity contribution in [3.05, 3.63) is 45.1 Å². The van der Waals surface area contributed by atoms with Crippen LogP contribution in [0.4, 0.5) is 11.4 Å². The maximum absolute atomic E-state index is 11.5. The molecule has 1 aliphatic rings. The zero-order valence-electron chi connectivity index (χ0n) is 8.03. The van der Waals surface area contributed by atoms with Crippen LogP contribution in [-0.2, 0) is 0 Å². The second kappa shape index (κ2) is 3.28. The number of nitrogens with one attached hydrogen (secondary N) is 3. The van der Waals surface area contributed by atoms with Crippen LogP contribution in [0.1, 0.15) is 0 Å². The first-order valence-corrected chi connectivity index (χ1v) is 5.46. The molecule has 0 unspecified atom stereocenters. The summed E-state index contributed by atoms with van der Waals surface area (Å²) >= 11 is 1.37. The summed E-state index contributed by atoms with van der Waals surface area (Å²) in [5, 5.41) is 3.55. The van der Waals surface area contributed by atoms with Crippen LogP contribution in [0.5, 0.6) is 0 Å². The molecule has 0 fully saturated rings. The molecule has 1 aromatic carbocycles. The van der Waals surface area contributed by atoms with Crippen LogP contribution in [0.15, 0.2) is 43.8 Å². The monoisotopic (exact) mass is 233 g/mol. The Kier molecular flexibility index (Phi) is 1.90. The molecular formula is C10H7N3O2S. The van der Waals surface area contributed by atoms with E-state index in [1.54, 1.807) is 0 Å². The van der Waals surface area contributed by atoms with Gasteiger partial charge in [-0.1, -0.05) is 23.9 Å². The van der Waals surface area contributed by atoms with E-state index in [-0.39, 0.29) is 0 Å². The fraction of sp³-hybridized carbons (Fsp3) is 0. The molecule has 0 aliphatic carbocycles. The van der Waals surface area contributed by atoms with Crippen LogP contribution in [0.3, 0.4) is 0 Å². The van der Waals surface area contributed by atoms with Crippen LogP contribution in [0, 0.1) is 0 Å². The van der Waals surface area contributed by atoms with Crippen molar-refractivity contribution in [2.75, 3.05) is 5.32 Å². The number of para-hydroxylation sites is 1. The third-order valence-corrected chi connectivity index (χ3v) is 3.35. The Labute approximate surface area is 93.9 Å². The highest BCUT2D eigenvalue weighted by Gasteiger charge is 2.18. The summed E-state index contributed by atoms with van der Waals surface area (Å²) in [6.07, 6.45) is 0. The van der Waals surface area contributed by atoms with Crippen molar-refractivity contribution in [1.82, 2.24) is 9.97 Å². The van der Waals surface area contributed by atoms with Crippen LogP contribution in [0.25, 0.3) is 0 Å².